The van der Waals surface area contributed by atoms with E-state index < -0.39 is 24.7 Å². The van der Waals surface area contributed by atoms with Gasteiger partial charge in [-0.3, -0.25) is 14.6 Å². The zero-order chi connectivity index (χ0) is 29.9. The maximum Gasteiger partial charge on any atom is 0.405 e. The second-order valence-electron chi connectivity index (χ2n) is 10.9. The zero-order valence-electron chi connectivity index (χ0n) is 23.4. The number of hydrogen-bond donors (Lipinski definition) is 3. The van der Waals surface area contributed by atoms with Gasteiger partial charge in [0.15, 0.2) is 0 Å². The summed E-state index contributed by atoms with van der Waals surface area (Å²) in [4.78, 5) is 32.2. The van der Waals surface area contributed by atoms with Crippen molar-refractivity contribution in [3.8, 4) is 11.4 Å². The molecule has 226 valence electrons. The lowest BCUT2D eigenvalue weighted by atomic mass is 9.95. The van der Waals surface area contributed by atoms with E-state index in [1.807, 2.05) is 11.1 Å². The molecule has 2 aliphatic heterocycles. The number of rotatable bonds is 8. The number of hydrogen-bond acceptors (Lipinski definition) is 7. The number of anilines is 2. The first-order valence-electron chi connectivity index (χ1n) is 14.2. The number of aromatic nitrogens is 3. The molecule has 0 unspecified atom stereocenters. The third-order valence-electron chi connectivity index (χ3n) is 8.19. The minimum absolute atomic E-state index is 0.340. The Morgan fingerprint density at radius 2 is 1.90 bits per heavy atom. The Bertz CT molecular complexity index is 1330. The molecular weight excluding hydrogens is 660 g/mol. The van der Waals surface area contributed by atoms with Crippen molar-refractivity contribution in [2.75, 3.05) is 49.9 Å². The predicted octanol–water partition coefficient (Wildman–Crippen LogP) is 4.44. The minimum atomic E-state index is -4.47. The van der Waals surface area contributed by atoms with Crippen LogP contribution in [-0.4, -0.2) is 88.2 Å². The second-order valence-corrected chi connectivity index (χ2v) is 12.0. The molecule has 0 radical (unpaired) electrons. The number of halogens is 4. The molecule has 13 heteroatoms. The number of piperidine rings is 1. The SMILES string of the molecule is CC[C@H]1CN(c2ncc(-c3ncc[nH]3)cc2I)CCN1C1CCN([C@H](C(=O)NCC(F)(F)F)c2ccc(N)cc2)CC1. The smallest absolute Gasteiger partial charge is 0.399 e. The van der Waals surface area contributed by atoms with Gasteiger partial charge in [0.25, 0.3) is 0 Å². The first-order chi connectivity index (χ1) is 20.1. The Hall–Kier alpha value is -2.91. The number of pyridine rings is 1. The van der Waals surface area contributed by atoms with Gasteiger partial charge in [-0.05, 0) is 65.6 Å². The molecule has 0 bridgehead atoms. The lowest BCUT2D eigenvalue weighted by Gasteiger charge is -2.48. The van der Waals surface area contributed by atoms with Crippen LogP contribution in [-0.2, 0) is 4.79 Å². The lowest BCUT2D eigenvalue weighted by Crippen LogP contribution is -2.59. The Balaban J connectivity index is 1.23. The molecule has 1 amide bonds. The van der Waals surface area contributed by atoms with Crippen molar-refractivity contribution >= 4 is 40.0 Å². The van der Waals surface area contributed by atoms with Crippen molar-refractivity contribution in [2.24, 2.45) is 0 Å². The number of carbonyl (C=O) groups is 1. The van der Waals surface area contributed by atoms with Crippen LogP contribution < -0.4 is 16.0 Å². The normalized spacial score (nSPS) is 20.0. The number of aromatic amines is 1. The molecule has 5 rings (SSSR count). The Morgan fingerprint density at radius 3 is 2.52 bits per heavy atom. The first kappa shape index (κ1) is 30.5. The molecule has 0 aliphatic carbocycles. The Morgan fingerprint density at radius 1 is 1.17 bits per heavy atom. The first-order valence-corrected chi connectivity index (χ1v) is 15.3. The van der Waals surface area contributed by atoms with Crippen molar-refractivity contribution in [2.45, 2.75) is 50.5 Å². The second kappa shape index (κ2) is 13.2. The van der Waals surface area contributed by atoms with Gasteiger partial charge in [-0.2, -0.15) is 13.2 Å². The number of imidazole rings is 1. The number of piperazine rings is 1. The summed E-state index contributed by atoms with van der Waals surface area (Å²) in [6, 6.07) is 8.80. The molecule has 0 spiro atoms. The topological polar surface area (TPSA) is 106 Å². The average Bonchev–Trinajstić information content (AvgIpc) is 3.52. The fraction of sp³-hybridized carbons (Fsp3) is 0.483. The van der Waals surface area contributed by atoms with Crippen molar-refractivity contribution < 1.29 is 18.0 Å². The van der Waals surface area contributed by atoms with E-state index in [4.69, 9.17) is 10.7 Å². The molecule has 1 aromatic carbocycles. The molecule has 2 saturated heterocycles. The summed E-state index contributed by atoms with van der Waals surface area (Å²) in [6.07, 6.45) is 3.58. The molecule has 9 nitrogen and oxygen atoms in total. The van der Waals surface area contributed by atoms with Crippen LogP contribution >= 0.6 is 22.6 Å². The molecule has 2 fully saturated rings. The van der Waals surface area contributed by atoms with Crippen LogP contribution in [0.5, 0.6) is 0 Å². The third-order valence-corrected chi connectivity index (χ3v) is 8.98. The van der Waals surface area contributed by atoms with E-state index in [9.17, 15) is 18.0 Å². The van der Waals surface area contributed by atoms with Gasteiger partial charge in [0.2, 0.25) is 5.91 Å². The molecule has 4 heterocycles. The number of benzene rings is 1. The highest BCUT2D eigenvalue weighted by molar-refractivity contribution is 14.1. The number of nitrogen functional groups attached to an aromatic ring is 1. The van der Waals surface area contributed by atoms with Crippen molar-refractivity contribution in [1.29, 1.82) is 0 Å². The van der Waals surface area contributed by atoms with Crippen molar-refractivity contribution in [1.82, 2.24) is 30.1 Å². The number of nitrogens with zero attached hydrogens (tertiary/aromatic N) is 5. The molecule has 2 aliphatic rings. The van der Waals surface area contributed by atoms with Gasteiger partial charge in [0, 0.05) is 74.6 Å². The van der Waals surface area contributed by atoms with Gasteiger partial charge in [-0.15, -0.1) is 0 Å². The van der Waals surface area contributed by atoms with E-state index in [2.05, 4.69) is 60.7 Å². The number of nitrogens with two attached hydrogens (primary N) is 1. The molecule has 2 atom stereocenters. The largest absolute Gasteiger partial charge is 0.405 e. The highest BCUT2D eigenvalue weighted by atomic mass is 127. The van der Waals surface area contributed by atoms with Crippen LogP contribution in [0.4, 0.5) is 24.7 Å². The van der Waals surface area contributed by atoms with Gasteiger partial charge >= 0.3 is 6.18 Å². The molecular formula is C29H36F3IN8O. The Kier molecular flexibility index (Phi) is 9.57. The van der Waals surface area contributed by atoms with E-state index >= 15 is 0 Å². The summed E-state index contributed by atoms with van der Waals surface area (Å²) >= 11 is 2.34. The molecule has 2 aromatic heterocycles. The van der Waals surface area contributed by atoms with Gasteiger partial charge in [-0.1, -0.05) is 19.1 Å². The number of H-pyrrole nitrogens is 1. The van der Waals surface area contributed by atoms with Gasteiger partial charge < -0.3 is 20.9 Å². The Labute approximate surface area is 257 Å². The highest BCUT2D eigenvalue weighted by Gasteiger charge is 2.38. The molecule has 3 aromatic rings. The fourth-order valence-electron chi connectivity index (χ4n) is 6.09. The van der Waals surface area contributed by atoms with Crippen LogP contribution in [0, 0.1) is 3.57 Å². The van der Waals surface area contributed by atoms with Gasteiger partial charge in [0.1, 0.15) is 24.2 Å². The summed E-state index contributed by atoms with van der Waals surface area (Å²) < 4.78 is 39.7. The maximum atomic E-state index is 13.0. The summed E-state index contributed by atoms with van der Waals surface area (Å²) in [5.74, 6) is 1.14. The number of nitrogens with one attached hydrogen (secondary N) is 2. The standard InChI is InChI=1S/C29H36F3IN8O/c1-2-22-17-40(27-24(33)15-20(16-37-27)26-35-9-10-36-26)13-14-41(22)23-7-11-39(12-8-23)25(19-3-5-21(34)6-4-19)28(42)38-18-29(30,31)32/h3-6,9-10,15-16,22-23,25H,2,7-8,11-14,17-18,34H2,1H3,(H,35,36)(H,38,42)/t22-,25-/m0/s1. The number of carbonyl (C=O) groups excluding carboxylic acids is 1. The van der Waals surface area contributed by atoms with Crippen LogP contribution in [0.3, 0.4) is 0 Å². The van der Waals surface area contributed by atoms with Crippen LogP contribution in [0.1, 0.15) is 37.8 Å². The van der Waals surface area contributed by atoms with Crippen molar-refractivity contribution in [3.63, 3.8) is 0 Å². The minimum Gasteiger partial charge on any atom is -0.399 e. The van der Waals surface area contributed by atoms with Crippen LogP contribution in [0.2, 0.25) is 0 Å². The lowest BCUT2D eigenvalue weighted by molar-refractivity contribution is -0.142. The fourth-order valence-corrected chi connectivity index (χ4v) is 6.90. The summed E-state index contributed by atoms with van der Waals surface area (Å²) in [5, 5.41) is 2.10. The average molecular weight is 697 g/mol. The molecule has 4 N–H and O–H groups in total. The van der Waals surface area contributed by atoms with Crippen LogP contribution in [0.25, 0.3) is 11.4 Å². The predicted molar refractivity (Wildman–Crippen MR) is 165 cm³/mol. The molecule has 0 saturated carbocycles. The highest BCUT2D eigenvalue weighted by Crippen LogP contribution is 2.32. The monoisotopic (exact) mass is 696 g/mol. The summed E-state index contributed by atoms with van der Waals surface area (Å²) in [6.45, 7) is 4.70. The third kappa shape index (κ3) is 7.17. The van der Waals surface area contributed by atoms with Gasteiger partial charge in [-0.25, -0.2) is 9.97 Å². The van der Waals surface area contributed by atoms with E-state index in [0.29, 0.717) is 36.4 Å². The summed E-state index contributed by atoms with van der Waals surface area (Å²) in [5.41, 5.74) is 7.96. The van der Waals surface area contributed by atoms with Gasteiger partial charge in [0.05, 0.1) is 3.57 Å². The molecule has 42 heavy (non-hydrogen) atoms. The number of likely N-dealkylation sites (tertiary alicyclic amines) is 1. The van der Waals surface area contributed by atoms with E-state index in [0.717, 1.165) is 59.7 Å². The number of amides is 1. The zero-order valence-corrected chi connectivity index (χ0v) is 25.6. The number of alkyl halides is 3. The quantitative estimate of drug-likeness (QED) is 0.236. The summed E-state index contributed by atoms with van der Waals surface area (Å²) in [7, 11) is 0. The van der Waals surface area contributed by atoms with E-state index in [1.165, 1.54) is 0 Å². The van der Waals surface area contributed by atoms with Crippen molar-refractivity contribution in [3.05, 3.63) is 58.1 Å². The van der Waals surface area contributed by atoms with E-state index in [1.54, 1.807) is 36.7 Å². The van der Waals surface area contributed by atoms with E-state index in [-0.39, 0.29) is 0 Å². The maximum absolute atomic E-state index is 13.0. The van der Waals surface area contributed by atoms with Crippen LogP contribution in [0.15, 0.2) is 48.9 Å².